The fraction of sp³-hybridized carbons (Fsp3) is 0.364. The van der Waals surface area contributed by atoms with Crippen LogP contribution in [0.25, 0.3) is 0 Å². The molecule has 1 amide bonds. The van der Waals surface area contributed by atoms with Crippen molar-refractivity contribution in [1.82, 2.24) is 5.32 Å². The number of esters is 1. The van der Waals surface area contributed by atoms with Crippen molar-refractivity contribution in [3.8, 4) is 0 Å². The summed E-state index contributed by atoms with van der Waals surface area (Å²) in [4.78, 5) is 24.9. The van der Waals surface area contributed by atoms with Crippen molar-refractivity contribution in [1.29, 1.82) is 0 Å². The SMILES string of the molecule is CCOC(=O)C[C@H](NC(=O)[C@@H](CC)c1ccccc1)c1ccc(C)cc1. The van der Waals surface area contributed by atoms with Crippen LogP contribution < -0.4 is 5.32 Å². The van der Waals surface area contributed by atoms with Crippen molar-refractivity contribution in [3.05, 3.63) is 71.3 Å². The molecule has 0 bridgehead atoms. The first kappa shape index (κ1) is 19.7. The molecular formula is C22H27NO3. The molecule has 2 aromatic rings. The van der Waals surface area contributed by atoms with Crippen LogP contribution in [0.4, 0.5) is 0 Å². The first-order valence-corrected chi connectivity index (χ1v) is 9.12. The second kappa shape index (κ2) is 9.76. The lowest BCUT2D eigenvalue weighted by Crippen LogP contribution is -2.34. The zero-order valence-corrected chi connectivity index (χ0v) is 15.7. The van der Waals surface area contributed by atoms with E-state index < -0.39 is 6.04 Å². The fourth-order valence-corrected chi connectivity index (χ4v) is 2.97. The maximum absolute atomic E-state index is 12.9. The van der Waals surface area contributed by atoms with E-state index in [0.717, 1.165) is 16.7 Å². The van der Waals surface area contributed by atoms with Crippen molar-refractivity contribution >= 4 is 11.9 Å². The summed E-state index contributed by atoms with van der Waals surface area (Å²) in [6, 6.07) is 17.2. The predicted octanol–water partition coefficient (Wildman–Crippen LogP) is 4.30. The van der Waals surface area contributed by atoms with Crippen LogP contribution in [-0.2, 0) is 14.3 Å². The van der Waals surface area contributed by atoms with E-state index in [1.165, 1.54) is 0 Å². The minimum atomic E-state index is -0.403. The summed E-state index contributed by atoms with van der Waals surface area (Å²) in [5, 5.41) is 3.05. The van der Waals surface area contributed by atoms with E-state index in [4.69, 9.17) is 4.74 Å². The lowest BCUT2D eigenvalue weighted by molar-refractivity contribution is -0.143. The summed E-state index contributed by atoms with van der Waals surface area (Å²) < 4.78 is 5.08. The molecule has 0 spiro atoms. The summed E-state index contributed by atoms with van der Waals surface area (Å²) >= 11 is 0. The zero-order chi connectivity index (χ0) is 18.9. The van der Waals surface area contributed by atoms with Gasteiger partial charge in [0.1, 0.15) is 0 Å². The van der Waals surface area contributed by atoms with E-state index in [2.05, 4.69) is 5.32 Å². The molecule has 0 aliphatic heterocycles. The highest BCUT2D eigenvalue weighted by Crippen LogP contribution is 2.23. The zero-order valence-electron chi connectivity index (χ0n) is 15.7. The molecule has 0 aromatic heterocycles. The summed E-state index contributed by atoms with van der Waals surface area (Å²) in [5.74, 6) is -0.633. The quantitative estimate of drug-likeness (QED) is 0.720. The van der Waals surface area contributed by atoms with Crippen molar-refractivity contribution in [2.45, 2.75) is 45.6 Å². The highest BCUT2D eigenvalue weighted by atomic mass is 16.5. The van der Waals surface area contributed by atoms with Gasteiger partial charge in [-0.15, -0.1) is 0 Å². The Morgan fingerprint density at radius 2 is 1.62 bits per heavy atom. The average molecular weight is 353 g/mol. The smallest absolute Gasteiger partial charge is 0.308 e. The molecule has 2 aromatic carbocycles. The van der Waals surface area contributed by atoms with Crippen molar-refractivity contribution in [3.63, 3.8) is 0 Å². The topological polar surface area (TPSA) is 55.4 Å². The number of carbonyl (C=O) groups is 2. The van der Waals surface area contributed by atoms with E-state index in [9.17, 15) is 9.59 Å². The second-order valence-corrected chi connectivity index (χ2v) is 6.35. The van der Waals surface area contributed by atoms with E-state index in [0.29, 0.717) is 13.0 Å². The number of nitrogens with one attached hydrogen (secondary N) is 1. The number of hydrogen-bond donors (Lipinski definition) is 1. The number of benzene rings is 2. The molecule has 2 rings (SSSR count). The number of carbonyl (C=O) groups excluding carboxylic acids is 2. The third-order valence-corrected chi connectivity index (χ3v) is 4.40. The first-order valence-electron chi connectivity index (χ1n) is 9.12. The van der Waals surface area contributed by atoms with Crippen LogP contribution in [0.3, 0.4) is 0 Å². The highest BCUT2D eigenvalue weighted by Gasteiger charge is 2.24. The largest absolute Gasteiger partial charge is 0.466 e. The van der Waals surface area contributed by atoms with Gasteiger partial charge in [-0.3, -0.25) is 9.59 Å². The van der Waals surface area contributed by atoms with Crippen LogP contribution >= 0.6 is 0 Å². The molecule has 138 valence electrons. The van der Waals surface area contributed by atoms with Crippen LogP contribution in [0.1, 0.15) is 55.3 Å². The van der Waals surface area contributed by atoms with Gasteiger partial charge < -0.3 is 10.1 Å². The number of rotatable bonds is 8. The number of ether oxygens (including phenoxy) is 1. The molecule has 2 atom stereocenters. The van der Waals surface area contributed by atoms with E-state index in [-0.39, 0.29) is 24.2 Å². The summed E-state index contributed by atoms with van der Waals surface area (Å²) in [5.41, 5.74) is 3.01. The molecule has 0 saturated carbocycles. The van der Waals surface area contributed by atoms with Gasteiger partial charge in [-0.25, -0.2) is 0 Å². The molecule has 4 heteroatoms. The summed E-state index contributed by atoms with van der Waals surface area (Å²) in [6.07, 6.45) is 0.809. The maximum Gasteiger partial charge on any atom is 0.308 e. The molecule has 0 aliphatic rings. The van der Waals surface area contributed by atoms with E-state index in [1.807, 2.05) is 68.4 Å². The fourth-order valence-electron chi connectivity index (χ4n) is 2.97. The van der Waals surface area contributed by atoms with Crippen molar-refractivity contribution in [2.75, 3.05) is 6.61 Å². The third-order valence-electron chi connectivity index (χ3n) is 4.40. The van der Waals surface area contributed by atoms with Gasteiger partial charge in [0.25, 0.3) is 0 Å². The van der Waals surface area contributed by atoms with Gasteiger partial charge in [0.05, 0.1) is 25.0 Å². The minimum absolute atomic E-state index is 0.0754. The molecule has 1 N–H and O–H groups in total. The number of amides is 1. The second-order valence-electron chi connectivity index (χ2n) is 6.35. The van der Waals surface area contributed by atoms with Crippen LogP contribution in [0.5, 0.6) is 0 Å². The molecule has 0 unspecified atom stereocenters. The Balaban J connectivity index is 2.20. The highest BCUT2D eigenvalue weighted by molar-refractivity contribution is 5.84. The van der Waals surface area contributed by atoms with Crippen LogP contribution in [0, 0.1) is 6.92 Å². The monoisotopic (exact) mass is 353 g/mol. The summed E-state index contributed by atoms with van der Waals surface area (Å²) in [7, 11) is 0. The lowest BCUT2D eigenvalue weighted by Gasteiger charge is -2.22. The Morgan fingerprint density at radius 3 is 2.19 bits per heavy atom. The van der Waals surface area contributed by atoms with Gasteiger partial charge in [-0.1, -0.05) is 67.1 Å². The van der Waals surface area contributed by atoms with Crippen LogP contribution in [0.2, 0.25) is 0 Å². The Bertz CT molecular complexity index is 710. The third kappa shape index (κ3) is 5.45. The first-order chi connectivity index (χ1) is 12.5. The van der Waals surface area contributed by atoms with Gasteiger partial charge in [0.2, 0.25) is 5.91 Å². The molecule has 0 saturated heterocycles. The van der Waals surface area contributed by atoms with E-state index >= 15 is 0 Å². The predicted molar refractivity (Wildman–Crippen MR) is 103 cm³/mol. The molecule has 0 radical (unpaired) electrons. The molecule has 0 fully saturated rings. The molecule has 0 aliphatic carbocycles. The summed E-state index contributed by atoms with van der Waals surface area (Å²) in [6.45, 7) is 6.10. The Morgan fingerprint density at radius 1 is 0.962 bits per heavy atom. The van der Waals surface area contributed by atoms with E-state index in [1.54, 1.807) is 6.92 Å². The van der Waals surface area contributed by atoms with Crippen molar-refractivity contribution in [2.24, 2.45) is 0 Å². The Labute approximate surface area is 155 Å². The van der Waals surface area contributed by atoms with Gasteiger partial charge in [0.15, 0.2) is 0 Å². The molecular weight excluding hydrogens is 326 g/mol. The number of hydrogen-bond acceptors (Lipinski definition) is 3. The molecule has 4 nitrogen and oxygen atoms in total. The van der Waals surface area contributed by atoms with Gasteiger partial charge >= 0.3 is 5.97 Å². The van der Waals surface area contributed by atoms with Crippen LogP contribution in [0.15, 0.2) is 54.6 Å². The lowest BCUT2D eigenvalue weighted by atomic mass is 9.94. The Hall–Kier alpha value is -2.62. The van der Waals surface area contributed by atoms with Gasteiger partial charge in [0, 0.05) is 0 Å². The molecule has 0 heterocycles. The average Bonchev–Trinajstić information content (AvgIpc) is 2.63. The Kier molecular flexibility index (Phi) is 7.39. The minimum Gasteiger partial charge on any atom is -0.466 e. The van der Waals surface area contributed by atoms with Gasteiger partial charge in [-0.05, 0) is 31.4 Å². The standard InChI is InChI=1S/C22H27NO3/c1-4-19(17-9-7-6-8-10-17)22(25)23-20(15-21(24)26-5-2)18-13-11-16(3)12-14-18/h6-14,19-20H,4-5,15H2,1-3H3,(H,23,25)/t19-,20-/m0/s1. The molecule has 26 heavy (non-hydrogen) atoms. The van der Waals surface area contributed by atoms with Crippen LogP contribution in [-0.4, -0.2) is 18.5 Å². The van der Waals surface area contributed by atoms with Crippen molar-refractivity contribution < 1.29 is 14.3 Å². The normalized spacial score (nSPS) is 12.9. The number of aryl methyl sites for hydroxylation is 1. The van der Waals surface area contributed by atoms with Gasteiger partial charge in [-0.2, -0.15) is 0 Å². The maximum atomic E-state index is 12.9.